The number of benzene rings is 1. The van der Waals surface area contributed by atoms with Crippen LogP contribution in [0, 0.1) is 23.6 Å². The molecule has 1 aliphatic heterocycles. The summed E-state index contributed by atoms with van der Waals surface area (Å²) in [5.74, 6) is 0.311. The van der Waals surface area contributed by atoms with Crippen LogP contribution in [0.4, 0.5) is 4.39 Å². The zero-order valence-electron chi connectivity index (χ0n) is 21.9. The molecule has 2 atom stereocenters. The van der Waals surface area contributed by atoms with E-state index < -0.39 is 11.9 Å². The molecule has 3 aliphatic rings. The van der Waals surface area contributed by atoms with E-state index in [0.717, 1.165) is 45.1 Å². The molecule has 1 aromatic rings. The molecule has 1 aromatic carbocycles. The molecular formula is C28H41FN4O4. The molecule has 204 valence electrons. The Labute approximate surface area is 219 Å². The highest BCUT2D eigenvalue weighted by Gasteiger charge is 2.43. The molecule has 2 saturated carbocycles. The molecule has 0 aromatic heterocycles. The smallest absolute Gasteiger partial charge is 0.254 e. The van der Waals surface area contributed by atoms with Gasteiger partial charge in [0.2, 0.25) is 11.8 Å². The van der Waals surface area contributed by atoms with Crippen LogP contribution in [0.3, 0.4) is 0 Å². The summed E-state index contributed by atoms with van der Waals surface area (Å²) in [5, 5.41) is 3.14. The molecule has 0 spiro atoms. The van der Waals surface area contributed by atoms with E-state index in [0.29, 0.717) is 56.5 Å². The van der Waals surface area contributed by atoms with Crippen molar-refractivity contribution >= 4 is 17.7 Å². The lowest BCUT2D eigenvalue weighted by Gasteiger charge is -2.43. The second-order valence-electron chi connectivity index (χ2n) is 10.9. The minimum atomic E-state index is -0.613. The van der Waals surface area contributed by atoms with Crippen LogP contribution in [0.5, 0.6) is 0 Å². The lowest BCUT2D eigenvalue weighted by atomic mass is 9.82. The first-order valence-corrected chi connectivity index (χ1v) is 13.7. The van der Waals surface area contributed by atoms with Gasteiger partial charge in [-0.15, -0.1) is 0 Å². The van der Waals surface area contributed by atoms with E-state index in [4.69, 9.17) is 10.5 Å². The number of likely N-dealkylation sites (tertiary alicyclic amines) is 1. The van der Waals surface area contributed by atoms with Crippen molar-refractivity contribution in [2.75, 3.05) is 39.9 Å². The minimum Gasteiger partial charge on any atom is -0.383 e. The van der Waals surface area contributed by atoms with Crippen LogP contribution in [-0.4, -0.2) is 79.5 Å². The molecule has 2 aliphatic carbocycles. The summed E-state index contributed by atoms with van der Waals surface area (Å²) in [6.45, 7) is 2.45. The maximum absolute atomic E-state index is 13.5. The number of methoxy groups -OCH3 is 1. The van der Waals surface area contributed by atoms with E-state index >= 15 is 0 Å². The van der Waals surface area contributed by atoms with E-state index in [1.54, 1.807) is 16.9 Å². The Bertz CT molecular complexity index is 931. The fraction of sp³-hybridized carbons (Fsp3) is 0.679. The Balaban J connectivity index is 1.46. The van der Waals surface area contributed by atoms with Gasteiger partial charge in [0.1, 0.15) is 11.9 Å². The van der Waals surface area contributed by atoms with Crippen LogP contribution < -0.4 is 11.1 Å². The van der Waals surface area contributed by atoms with Gasteiger partial charge in [-0.1, -0.05) is 0 Å². The van der Waals surface area contributed by atoms with Crippen LogP contribution in [0.1, 0.15) is 61.7 Å². The van der Waals surface area contributed by atoms with Crippen molar-refractivity contribution in [3.63, 3.8) is 0 Å². The number of piperidine rings is 1. The summed E-state index contributed by atoms with van der Waals surface area (Å²) in [6.07, 6.45) is 7.00. The highest BCUT2D eigenvalue weighted by Crippen LogP contribution is 2.34. The average Bonchev–Trinajstić information content (AvgIpc) is 3.78. The molecule has 4 rings (SSSR count). The van der Waals surface area contributed by atoms with E-state index in [1.807, 2.05) is 0 Å². The van der Waals surface area contributed by atoms with Gasteiger partial charge in [-0.2, -0.15) is 0 Å². The normalized spacial score (nSPS) is 26.0. The molecule has 3 amide bonds. The van der Waals surface area contributed by atoms with Gasteiger partial charge in [0.15, 0.2) is 0 Å². The predicted molar refractivity (Wildman–Crippen MR) is 138 cm³/mol. The SMILES string of the molecule is COCCN(C(=O)c1ccc(F)cc1)C1CCN(C(=O)C2CC2)[C@@H](C(=O)NCC2CCC(CN)CC2)C1. The van der Waals surface area contributed by atoms with Crippen molar-refractivity contribution in [2.45, 2.75) is 63.5 Å². The lowest BCUT2D eigenvalue weighted by Crippen LogP contribution is -2.59. The second-order valence-corrected chi connectivity index (χ2v) is 10.9. The van der Waals surface area contributed by atoms with Crippen molar-refractivity contribution < 1.29 is 23.5 Å². The fourth-order valence-electron chi connectivity index (χ4n) is 5.74. The van der Waals surface area contributed by atoms with Crippen LogP contribution in [0.2, 0.25) is 0 Å². The number of halogens is 1. The molecule has 1 heterocycles. The van der Waals surface area contributed by atoms with E-state index in [2.05, 4.69) is 5.32 Å². The van der Waals surface area contributed by atoms with Crippen LogP contribution in [-0.2, 0) is 14.3 Å². The fourth-order valence-corrected chi connectivity index (χ4v) is 5.74. The van der Waals surface area contributed by atoms with Crippen LogP contribution in [0.25, 0.3) is 0 Å². The first-order valence-electron chi connectivity index (χ1n) is 13.7. The summed E-state index contributed by atoms with van der Waals surface area (Å²) in [5.41, 5.74) is 6.21. The van der Waals surface area contributed by atoms with Crippen molar-refractivity contribution in [3.8, 4) is 0 Å². The second kappa shape index (κ2) is 12.8. The van der Waals surface area contributed by atoms with Gasteiger partial charge < -0.3 is 25.6 Å². The number of carbonyl (C=O) groups excluding carboxylic acids is 3. The van der Waals surface area contributed by atoms with E-state index in [-0.39, 0.29) is 29.7 Å². The summed E-state index contributed by atoms with van der Waals surface area (Å²) in [6, 6.07) is 4.66. The minimum absolute atomic E-state index is 0.0174. The van der Waals surface area contributed by atoms with Gasteiger partial charge in [-0.3, -0.25) is 14.4 Å². The zero-order valence-corrected chi connectivity index (χ0v) is 21.9. The highest BCUT2D eigenvalue weighted by atomic mass is 19.1. The Morgan fingerprint density at radius 3 is 2.35 bits per heavy atom. The first kappa shape index (κ1) is 27.5. The molecule has 0 radical (unpaired) electrons. The quantitative estimate of drug-likeness (QED) is 0.497. The number of ether oxygens (including phenoxy) is 1. The predicted octanol–water partition coefficient (Wildman–Crippen LogP) is 2.57. The van der Waals surface area contributed by atoms with E-state index in [9.17, 15) is 18.8 Å². The number of nitrogens with one attached hydrogen (secondary N) is 1. The molecule has 1 saturated heterocycles. The number of hydrogen-bond donors (Lipinski definition) is 2. The molecule has 3 N–H and O–H groups in total. The molecule has 3 fully saturated rings. The largest absolute Gasteiger partial charge is 0.383 e. The summed E-state index contributed by atoms with van der Waals surface area (Å²) in [7, 11) is 1.58. The lowest BCUT2D eigenvalue weighted by molar-refractivity contribution is -0.144. The third-order valence-electron chi connectivity index (χ3n) is 8.28. The maximum Gasteiger partial charge on any atom is 0.254 e. The highest BCUT2D eigenvalue weighted by molar-refractivity contribution is 5.95. The summed E-state index contributed by atoms with van der Waals surface area (Å²) in [4.78, 5) is 43.4. The van der Waals surface area contributed by atoms with Crippen LogP contribution >= 0.6 is 0 Å². The van der Waals surface area contributed by atoms with Gasteiger partial charge in [-0.25, -0.2) is 4.39 Å². The van der Waals surface area contributed by atoms with Crippen molar-refractivity contribution in [3.05, 3.63) is 35.6 Å². The Hall–Kier alpha value is -2.52. The van der Waals surface area contributed by atoms with E-state index in [1.165, 1.54) is 24.3 Å². The number of amides is 3. The van der Waals surface area contributed by atoms with Gasteiger partial charge in [0.05, 0.1) is 6.61 Å². The number of nitrogens with zero attached hydrogens (tertiary/aromatic N) is 2. The summed E-state index contributed by atoms with van der Waals surface area (Å²) >= 11 is 0. The Kier molecular flexibility index (Phi) is 9.54. The molecule has 37 heavy (non-hydrogen) atoms. The average molecular weight is 517 g/mol. The number of nitrogens with two attached hydrogens (primary N) is 1. The van der Waals surface area contributed by atoms with Gasteiger partial charge in [0.25, 0.3) is 5.91 Å². The van der Waals surface area contributed by atoms with Crippen molar-refractivity contribution in [1.82, 2.24) is 15.1 Å². The zero-order chi connectivity index (χ0) is 26.4. The first-order chi connectivity index (χ1) is 17.9. The number of rotatable bonds is 10. The standard InChI is InChI=1S/C28H41FN4O4/c1-37-15-14-32(27(35)22-8-10-23(29)11-9-22)24-12-13-33(28(36)21-6-7-21)25(16-24)26(34)31-18-20-4-2-19(17-30)3-5-20/h8-11,19-21,24-25H,2-7,12-18,30H2,1H3,(H,31,34)/t19?,20?,24?,25-/m1/s1. The number of carbonyl (C=O) groups is 3. The van der Waals surface area contributed by atoms with Crippen molar-refractivity contribution in [1.29, 1.82) is 0 Å². The monoisotopic (exact) mass is 516 g/mol. The third kappa shape index (κ3) is 7.08. The maximum atomic E-state index is 13.5. The number of hydrogen-bond acceptors (Lipinski definition) is 5. The van der Waals surface area contributed by atoms with Gasteiger partial charge in [0, 0.05) is 44.3 Å². The Morgan fingerprint density at radius 1 is 1.05 bits per heavy atom. The Morgan fingerprint density at radius 2 is 1.73 bits per heavy atom. The molecule has 8 nitrogen and oxygen atoms in total. The molecule has 1 unspecified atom stereocenters. The van der Waals surface area contributed by atoms with Crippen LogP contribution in [0.15, 0.2) is 24.3 Å². The van der Waals surface area contributed by atoms with Gasteiger partial charge in [-0.05, 0) is 94.0 Å². The molecule has 0 bridgehead atoms. The topological polar surface area (TPSA) is 105 Å². The molecule has 9 heteroatoms. The molecular weight excluding hydrogens is 475 g/mol. The van der Waals surface area contributed by atoms with Crippen molar-refractivity contribution in [2.24, 2.45) is 23.5 Å². The summed E-state index contributed by atoms with van der Waals surface area (Å²) < 4.78 is 18.7. The van der Waals surface area contributed by atoms with Gasteiger partial charge >= 0.3 is 0 Å². The third-order valence-corrected chi connectivity index (χ3v) is 8.28.